The Balaban J connectivity index is 2.82. The van der Waals surface area contributed by atoms with Crippen LogP contribution in [-0.2, 0) is 4.79 Å². The molecule has 2 atom stereocenters. The first kappa shape index (κ1) is 14.0. The van der Waals surface area contributed by atoms with E-state index in [9.17, 15) is 4.79 Å². The minimum absolute atomic E-state index is 0.0140. The summed E-state index contributed by atoms with van der Waals surface area (Å²) in [5.74, 6) is -1.15. The Hall–Kier alpha value is -2.08. The van der Waals surface area contributed by atoms with E-state index in [1.54, 1.807) is 0 Å². The first-order chi connectivity index (χ1) is 8.50. The molecule has 6 heteroatoms. The lowest BCUT2D eigenvalue weighted by molar-refractivity contribution is -0.138. The van der Waals surface area contributed by atoms with Gasteiger partial charge in [-0.15, -0.1) is 0 Å². The third-order valence-electron chi connectivity index (χ3n) is 2.62. The van der Waals surface area contributed by atoms with Crippen LogP contribution >= 0.6 is 0 Å². The number of rotatable bonds is 6. The highest BCUT2D eigenvalue weighted by Crippen LogP contribution is 2.21. The molecule has 0 amide bonds. The van der Waals surface area contributed by atoms with Crippen molar-refractivity contribution in [3.63, 3.8) is 0 Å². The topological polar surface area (TPSA) is 128 Å². The van der Waals surface area contributed by atoms with Crippen molar-refractivity contribution in [2.45, 2.75) is 18.4 Å². The van der Waals surface area contributed by atoms with Crippen molar-refractivity contribution in [2.75, 3.05) is 6.54 Å². The number of benzene rings is 1. The number of hydrogen-bond donors (Lipinski definition) is 4. The molecule has 0 saturated carbocycles. The van der Waals surface area contributed by atoms with Gasteiger partial charge in [0, 0.05) is 12.5 Å². The summed E-state index contributed by atoms with van der Waals surface area (Å²) in [6.45, 7) is 0.327. The number of nitrogens with zero attached hydrogens (tertiary/aromatic N) is 1. The second kappa shape index (κ2) is 6.61. The first-order valence-corrected chi connectivity index (χ1v) is 5.59. The number of carboxylic acids is 1. The molecule has 0 spiro atoms. The largest absolute Gasteiger partial charge is 0.480 e. The summed E-state index contributed by atoms with van der Waals surface area (Å²) in [5, 5.41) is 8.84. The number of aliphatic imine (C=N–C) groups is 1. The minimum atomic E-state index is -1.03. The molecule has 0 saturated heterocycles. The van der Waals surface area contributed by atoms with E-state index in [1.807, 2.05) is 30.3 Å². The fraction of sp³-hybridized carbons (Fsp3) is 0.333. The van der Waals surface area contributed by atoms with Crippen LogP contribution in [0.15, 0.2) is 35.3 Å². The normalized spacial score (nSPS) is 13.6. The molecule has 18 heavy (non-hydrogen) atoms. The molecule has 0 aliphatic carbocycles. The van der Waals surface area contributed by atoms with Crippen LogP contribution in [0.3, 0.4) is 0 Å². The van der Waals surface area contributed by atoms with Gasteiger partial charge in [0.1, 0.15) is 6.04 Å². The van der Waals surface area contributed by atoms with Crippen LogP contribution in [0, 0.1) is 0 Å². The maximum atomic E-state index is 10.8. The number of hydrogen-bond acceptors (Lipinski definition) is 3. The predicted octanol–water partition coefficient (Wildman–Crippen LogP) is -0.154. The van der Waals surface area contributed by atoms with Crippen molar-refractivity contribution in [1.29, 1.82) is 0 Å². The van der Waals surface area contributed by atoms with Crippen molar-refractivity contribution in [2.24, 2.45) is 22.2 Å². The summed E-state index contributed by atoms with van der Waals surface area (Å²) >= 11 is 0. The molecule has 2 unspecified atom stereocenters. The second-order valence-electron chi connectivity index (χ2n) is 4.05. The van der Waals surface area contributed by atoms with Crippen LogP contribution in [0.25, 0.3) is 0 Å². The van der Waals surface area contributed by atoms with Crippen LogP contribution in [0.4, 0.5) is 0 Å². The molecule has 1 rings (SSSR count). The lowest BCUT2D eigenvalue weighted by Gasteiger charge is -2.17. The number of carbonyl (C=O) groups is 1. The van der Waals surface area contributed by atoms with Gasteiger partial charge in [-0.2, -0.15) is 0 Å². The number of aliphatic carboxylic acids is 1. The third-order valence-corrected chi connectivity index (χ3v) is 2.62. The summed E-state index contributed by atoms with van der Waals surface area (Å²) in [5.41, 5.74) is 17.1. The molecule has 0 radical (unpaired) electrons. The van der Waals surface area contributed by atoms with E-state index in [4.69, 9.17) is 22.3 Å². The van der Waals surface area contributed by atoms with Gasteiger partial charge in [-0.1, -0.05) is 30.3 Å². The summed E-state index contributed by atoms with van der Waals surface area (Å²) in [6.07, 6.45) is 0.288. The quantitative estimate of drug-likeness (QED) is 0.412. The van der Waals surface area contributed by atoms with Crippen LogP contribution in [0.1, 0.15) is 17.9 Å². The summed E-state index contributed by atoms with van der Waals surface area (Å²) in [6, 6.07) is 8.53. The monoisotopic (exact) mass is 250 g/mol. The fourth-order valence-electron chi connectivity index (χ4n) is 1.66. The highest BCUT2D eigenvalue weighted by molar-refractivity contribution is 5.75. The van der Waals surface area contributed by atoms with Crippen LogP contribution in [-0.4, -0.2) is 29.6 Å². The average Bonchev–Trinajstić information content (AvgIpc) is 2.34. The second-order valence-corrected chi connectivity index (χ2v) is 4.05. The molecule has 0 heterocycles. The maximum absolute atomic E-state index is 10.8. The Kier molecular flexibility index (Phi) is 5.13. The molecule has 0 bridgehead atoms. The molecule has 0 aromatic heterocycles. The smallest absolute Gasteiger partial charge is 0.320 e. The van der Waals surface area contributed by atoms with E-state index >= 15 is 0 Å². The van der Waals surface area contributed by atoms with Gasteiger partial charge in [-0.05, 0) is 12.0 Å². The first-order valence-electron chi connectivity index (χ1n) is 5.59. The Morgan fingerprint density at radius 1 is 1.28 bits per heavy atom. The van der Waals surface area contributed by atoms with Gasteiger partial charge in [0.15, 0.2) is 5.96 Å². The SMILES string of the molecule is NC(N)=NCC(CC(N)C(=O)O)c1ccccc1. The number of carboxylic acid groups (broad SMARTS) is 1. The van der Waals surface area contributed by atoms with Gasteiger partial charge >= 0.3 is 5.97 Å². The van der Waals surface area contributed by atoms with Crippen LogP contribution in [0.5, 0.6) is 0 Å². The lowest BCUT2D eigenvalue weighted by Crippen LogP contribution is -2.33. The Labute approximate surface area is 105 Å². The minimum Gasteiger partial charge on any atom is -0.480 e. The summed E-state index contributed by atoms with van der Waals surface area (Å²) < 4.78 is 0. The summed E-state index contributed by atoms with van der Waals surface area (Å²) in [4.78, 5) is 14.7. The maximum Gasteiger partial charge on any atom is 0.320 e. The van der Waals surface area contributed by atoms with Gasteiger partial charge < -0.3 is 22.3 Å². The third kappa shape index (κ3) is 4.42. The zero-order valence-corrected chi connectivity index (χ0v) is 9.99. The van der Waals surface area contributed by atoms with Crippen molar-refractivity contribution < 1.29 is 9.90 Å². The van der Waals surface area contributed by atoms with Gasteiger partial charge in [0.05, 0.1) is 0 Å². The average molecular weight is 250 g/mol. The molecule has 0 fully saturated rings. The van der Waals surface area contributed by atoms with Crippen molar-refractivity contribution in [3.05, 3.63) is 35.9 Å². The van der Waals surface area contributed by atoms with E-state index in [-0.39, 0.29) is 18.3 Å². The van der Waals surface area contributed by atoms with E-state index in [0.29, 0.717) is 6.54 Å². The van der Waals surface area contributed by atoms with Crippen LogP contribution < -0.4 is 17.2 Å². The van der Waals surface area contributed by atoms with Crippen molar-refractivity contribution in [3.8, 4) is 0 Å². The molecular weight excluding hydrogens is 232 g/mol. The zero-order valence-electron chi connectivity index (χ0n) is 9.99. The van der Waals surface area contributed by atoms with Crippen LogP contribution in [0.2, 0.25) is 0 Å². The van der Waals surface area contributed by atoms with Crippen molar-refractivity contribution >= 4 is 11.9 Å². The molecule has 6 nitrogen and oxygen atoms in total. The Morgan fingerprint density at radius 3 is 2.39 bits per heavy atom. The van der Waals surface area contributed by atoms with Gasteiger partial charge in [-0.3, -0.25) is 9.79 Å². The fourth-order valence-corrected chi connectivity index (χ4v) is 1.66. The highest BCUT2D eigenvalue weighted by atomic mass is 16.4. The number of guanidine groups is 1. The predicted molar refractivity (Wildman–Crippen MR) is 70.1 cm³/mol. The van der Waals surface area contributed by atoms with Gasteiger partial charge in [-0.25, -0.2) is 0 Å². The summed E-state index contributed by atoms with van der Waals surface area (Å²) in [7, 11) is 0. The van der Waals surface area contributed by atoms with Gasteiger partial charge in [0.25, 0.3) is 0 Å². The zero-order chi connectivity index (χ0) is 13.5. The van der Waals surface area contributed by atoms with E-state index < -0.39 is 12.0 Å². The van der Waals surface area contributed by atoms with E-state index in [1.165, 1.54) is 0 Å². The highest BCUT2D eigenvalue weighted by Gasteiger charge is 2.19. The number of nitrogens with two attached hydrogens (primary N) is 3. The molecule has 98 valence electrons. The molecule has 0 aliphatic heterocycles. The van der Waals surface area contributed by atoms with E-state index in [2.05, 4.69) is 4.99 Å². The molecular formula is C12H18N4O2. The molecule has 0 aliphatic rings. The molecule has 1 aromatic rings. The van der Waals surface area contributed by atoms with E-state index in [0.717, 1.165) is 5.56 Å². The molecule has 1 aromatic carbocycles. The molecule has 7 N–H and O–H groups in total. The Bertz CT molecular complexity index is 415. The lowest BCUT2D eigenvalue weighted by atomic mass is 9.92. The standard InChI is InChI=1S/C12H18N4O2/c13-10(11(17)18)6-9(7-16-12(14)15)8-4-2-1-3-5-8/h1-5,9-10H,6-7,13H2,(H,17,18)(H4,14,15,16). The Morgan fingerprint density at radius 2 is 1.89 bits per heavy atom. The van der Waals surface area contributed by atoms with Crippen molar-refractivity contribution in [1.82, 2.24) is 0 Å². The van der Waals surface area contributed by atoms with Gasteiger partial charge in [0.2, 0.25) is 0 Å².